The highest BCUT2D eigenvalue weighted by molar-refractivity contribution is 9.10. The standard InChI is InChI=1S/C22H28BrN3O5S/c1-5-24-22(28)16(2)25(14-17-9-11-18(23)12-10-17)21(27)15-26(32(4,29)30)19-7-6-8-20(13-19)31-3/h6-13,16H,5,14-15H2,1-4H3,(H,24,28)/t16-/m1/s1. The lowest BCUT2D eigenvalue weighted by molar-refractivity contribution is -0.139. The summed E-state index contributed by atoms with van der Waals surface area (Å²) in [6.07, 6.45) is 1.03. The summed E-state index contributed by atoms with van der Waals surface area (Å²) in [5.41, 5.74) is 1.11. The average Bonchev–Trinajstić information content (AvgIpc) is 2.75. The van der Waals surface area contributed by atoms with Crippen LogP contribution >= 0.6 is 15.9 Å². The van der Waals surface area contributed by atoms with E-state index in [0.717, 1.165) is 20.6 Å². The van der Waals surface area contributed by atoms with Crippen molar-refractivity contribution >= 4 is 43.5 Å². The second-order valence-electron chi connectivity index (χ2n) is 7.19. The zero-order valence-corrected chi connectivity index (χ0v) is 20.9. The number of hydrogen-bond acceptors (Lipinski definition) is 5. The molecule has 2 amide bonds. The van der Waals surface area contributed by atoms with Gasteiger partial charge in [0, 0.05) is 23.6 Å². The fourth-order valence-corrected chi connectivity index (χ4v) is 4.18. The number of ether oxygens (including phenoxy) is 1. The van der Waals surface area contributed by atoms with Gasteiger partial charge in [0.05, 0.1) is 19.1 Å². The van der Waals surface area contributed by atoms with Gasteiger partial charge in [0.2, 0.25) is 21.8 Å². The monoisotopic (exact) mass is 525 g/mol. The fraction of sp³-hybridized carbons (Fsp3) is 0.364. The van der Waals surface area contributed by atoms with Gasteiger partial charge in [-0.05, 0) is 43.7 Å². The van der Waals surface area contributed by atoms with Gasteiger partial charge in [-0.1, -0.05) is 34.1 Å². The van der Waals surface area contributed by atoms with Crippen molar-refractivity contribution in [3.63, 3.8) is 0 Å². The summed E-state index contributed by atoms with van der Waals surface area (Å²) in [6.45, 7) is 3.53. The van der Waals surface area contributed by atoms with Gasteiger partial charge in [-0.15, -0.1) is 0 Å². The molecule has 0 fully saturated rings. The van der Waals surface area contributed by atoms with Crippen LogP contribution in [0.5, 0.6) is 5.75 Å². The first-order valence-electron chi connectivity index (χ1n) is 10.00. The maximum absolute atomic E-state index is 13.3. The molecule has 1 atom stereocenters. The lowest BCUT2D eigenvalue weighted by Gasteiger charge is -2.31. The number of anilines is 1. The van der Waals surface area contributed by atoms with Crippen molar-refractivity contribution in [1.82, 2.24) is 10.2 Å². The molecule has 32 heavy (non-hydrogen) atoms. The number of methoxy groups -OCH3 is 1. The summed E-state index contributed by atoms with van der Waals surface area (Å²) in [7, 11) is -2.31. The van der Waals surface area contributed by atoms with Crippen LogP contribution in [0.2, 0.25) is 0 Å². The Morgan fingerprint density at radius 3 is 2.38 bits per heavy atom. The van der Waals surface area contributed by atoms with E-state index in [1.807, 2.05) is 24.3 Å². The van der Waals surface area contributed by atoms with Crippen molar-refractivity contribution in [2.45, 2.75) is 26.4 Å². The van der Waals surface area contributed by atoms with Gasteiger partial charge in [0.15, 0.2) is 0 Å². The van der Waals surface area contributed by atoms with Crippen LogP contribution in [0.25, 0.3) is 0 Å². The molecule has 2 aromatic rings. The predicted molar refractivity (Wildman–Crippen MR) is 128 cm³/mol. The molecule has 0 bridgehead atoms. The Morgan fingerprint density at radius 2 is 1.81 bits per heavy atom. The highest BCUT2D eigenvalue weighted by atomic mass is 79.9. The quantitative estimate of drug-likeness (QED) is 0.514. The number of hydrogen-bond donors (Lipinski definition) is 1. The zero-order chi connectivity index (χ0) is 23.9. The van der Waals surface area contributed by atoms with Crippen LogP contribution in [-0.2, 0) is 26.2 Å². The van der Waals surface area contributed by atoms with E-state index in [4.69, 9.17) is 4.74 Å². The number of rotatable bonds is 10. The first-order valence-corrected chi connectivity index (χ1v) is 12.6. The Morgan fingerprint density at radius 1 is 1.16 bits per heavy atom. The lowest BCUT2D eigenvalue weighted by Crippen LogP contribution is -2.51. The predicted octanol–water partition coefficient (Wildman–Crippen LogP) is 2.78. The van der Waals surface area contributed by atoms with E-state index >= 15 is 0 Å². The fourth-order valence-electron chi connectivity index (χ4n) is 3.07. The number of benzene rings is 2. The number of sulfonamides is 1. The molecule has 174 valence electrons. The molecule has 10 heteroatoms. The summed E-state index contributed by atoms with van der Waals surface area (Å²) in [5.74, 6) is -0.351. The molecule has 0 unspecified atom stereocenters. The summed E-state index contributed by atoms with van der Waals surface area (Å²) in [5, 5.41) is 2.72. The normalized spacial score (nSPS) is 12.0. The highest BCUT2D eigenvalue weighted by Gasteiger charge is 2.30. The Hall–Kier alpha value is -2.59. The third kappa shape index (κ3) is 6.96. The van der Waals surface area contributed by atoms with Gasteiger partial charge in [0.25, 0.3) is 0 Å². The molecular weight excluding hydrogens is 498 g/mol. The van der Waals surface area contributed by atoms with Crippen molar-refractivity contribution in [2.24, 2.45) is 0 Å². The van der Waals surface area contributed by atoms with Gasteiger partial charge in [-0.3, -0.25) is 13.9 Å². The average molecular weight is 526 g/mol. The summed E-state index contributed by atoms with van der Waals surface area (Å²) in [6, 6.07) is 13.0. The minimum absolute atomic E-state index is 0.153. The van der Waals surface area contributed by atoms with E-state index in [0.29, 0.717) is 18.0 Å². The molecule has 0 radical (unpaired) electrons. The van der Waals surface area contributed by atoms with Crippen LogP contribution in [-0.4, -0.2) is 57.6 Å². The first kappa shape index (κ1) is 25.7. The van der Waals surface area contributed by atoms with Gasteiger partial charge < -0.3 is 15.0 Å². The third-order valence-electron chi connectivity index (χ3n) is 4.80. The molecule has 0 aromatic heterocycles. The van der Waals surface area contributed by atoms with Crippen molar-refractivity contribution in [1.29, 1.82) is 0 Å². The minimum Gasteiger partial charge on any atom is -0.497 e. The third-order valence-corrected chi connectivity index (χ3v) is 6.47. The smallest absolute Gasteiger partial charge is 0.244 e. The molecule has 0 aliphatic heterocycles. The Bertz CT molecular complexity index is 1040. The number of halogens is 1. The maximum Gasteiger partial charge on any atom is 0.244 e. The topological polar surface area (TPSA) is 96.0 Å². The number of nitrogens with one attached hydrogen (secondary N) is 1. The van der Waals surface area contributed by atoms with Crippen LogP contribution < -0.4 is 14.4 Å². The molecule has 2 rings (SSSR count). The molecule has 0 spiro atoms. The number of likely N-dealkylation sites (N-methyl/N-ethyl adjacent to an activating group) is 1. The molecular formula is C22H28BrN3O5S. The molecule has 0 heterocycles. The minimum atomic E-state index is -3.78. The summed E-state index contributed by atoms with van der Waals surface area (Å²) in [4.78, 5) is 27.2. The van der Waals surface area contributed by atoms with Crippen LogP contribution in [0.1, 0.15) is 19.4 Å². The van der Waals surface area contributed by atoms with Gasteiger partial charge >= 0.3 is 0 Å². The zero-order valence-electron chi connectivity index (χ0n) is 18.5. The van der Waals surface area contributed by atoms with Crippen LogP contribution in [0.3, 0.4) is 0 Å². The Balaban J connectivity index is 2.38. The largest absolute Gasteiger partial charge is 0.497 e. The molecule has 8 nitrogen and oxygen atoms in total. The highest BCUT2D eigenvalue weighted by Crippen LogP contribution is 2.24. The number of carbonyl (C=O) groups excluding carboxylic acids is 2. The van der Waals surface area contributed by atoms with Crippen molar-refractivity contribution in [3.05, 3.63) is 58.6 Å². The summed E-state index contributed by atoms with van der Waals surface area (Å²) >= 11 is 3.38. The van der Waals surface area contributed by atoms with E-state index in [9.17, 15) is 18.0 Å². The Kier molecular flexibility index (Phi) is 9.09. The van der Waals surface area contributed by atoms with Crippen LogP contribution in [0, 0.1) is 0 Å². The van der Waals surface area contributed by atoms with Crippen molar-refractivity contribution < 1.29 is 22.7 Å². The van der Waals surface area contributed by atoms with E-state index in [-0.39, 0.29) is 12.5 Å². The van der Waals surface area contributed by atoms with Crippen molar-refractivity contribution in [2.75, 3.05) is 30.8 Å². The van der Waals surface area contributed by atoms with E-state index in [2.05, 4.69) is 21.2 Å². The van der Waals surface area contributed by atoms with Crippen LogP contribution in [0.15, 0.2) is 53.0 Å². The number of carbonyl (C=O) groups is 2. The SMILES string of the molecule is CCNC(=O)[C@@H](C)N(Cc1ccc(Br)cc1)C(=O)CN(c1cccc(OC)c1)S(C)(=O)=O. The second-order valence-corrected chi connectivity index (χ2v) is 10.0. The van der Waals surface area contributed by atoms with Gasteiger partial charge in [0.1, 0.15) is 18.3 Å². The lowest BCUT2D eigenvalue weighted by atomic mass is 10.1. The van der Waals surface area contributed by atoms with E-state index in [1.165, 1.54) is 12.0 Å². The summed E-state index contributed by atoms with van der Waals surface area (Å²) < 4.78 is 32.1. The molecule has 0 aliphatic rings. The van der Waals surface area contributed by atoms with Crippen LogP contribution in [0.4, 0.5) is 5.69 Å². The number of amides is 2. The molecule has 0 saturated heterocycles. The number of nitrogens with zero attached hydrogens (tertiary/aromatic N) is 2. The van der Waals surface area contributed by atoms with Gasteiger partial charge in [-0.2, -0.15) is 0 Å². The van der Waals surface area contributed by atoms with Gasteiger partial charge in [-0.25, -0.2) is 8.42 Å². The van der Waals surface area contributed by atoms with E-state index < -0.39 is 28.5 Å². The Labute approximate surface area is 197 Å². The second kappa shape index (κ2) is 11.3. The van der Waals surface area contributed by atoms with E-state index in [1.54, 1.807) is 38.1 Å². The van der Waals surface area contributed by atoms with Crippen molar-refractivity contribution in [3.8, 4) is 5.75 Å². The maximum atomic E-state index is 13.3. The molecule has 0 aliphatic carbocycles. The first-order chi connectivity index (χ1) is 15.1. The molecule has 1 N–H and O–H groups in total. The molecule has 2 aromatic carbocycles. The molecule has 0 saturated carbocycles.